The van der Waals surface area contributed by atoms with Crippen LogP contribution < -0.4 is 0 Å². The molecule has 3 heteroatoms. The lowest BCUT2D eigenvalue weighted by Crippen LogP contribution is -2.36. The molecule has 1 aromatic rings. The van der Waals surface area contributed by atoms with Crippen molar-refractivity contribution in [2.24, 2.45) is 5.92 Å². The molecule has 0 aliphatic carbocycles. The molecule has 0 saturated carbocycles. The highest BCUT2D eigenvalue weighted by Gasteiger charge is 2.24. The van der Waals surface area contributed by atoms with Crippen molar-refractivity contribution >= 4 is 0 Å². The monoisotopic (exact) mass is 251 g/mol. The van der Waals surface area contributed by atoms with Gasteiger partial charge in [0, 0.05) is 18.6 Å². The van der Waals surface area contributed by atoms with Gasteiger partial charge in [-0.05, 0) is 38.8 Å². The Morgan fingerprint density at radius 3 is 1.89 bits per heavy atom. The smallest absolute Gasteiger partial charge is 0.124 e. The van der Waals surface area contributed by atoms with Gasteiger partial charge in [0.05, 0.1) is 5.56 Å². The fraction of sp³-hybridized carbons (Fsp3) is 0.600. The Balaban J connectivity index is 3.05. The van der Waals surface area contributed by atoms with Crippen molar-refractivity contribution in [3.63, 3.8) is 0 Å². The Kier molecular flexibility index (Phi) is 5.03. The zero-order valence-electron chi connectivity index (χ0n) is 12.0. The van der Waals surface area contributed by atoms with Gasteiger partial charge in [0.15, 0.2) is 0 Å². The molecule has 102 valence electrons. The molecule has 1 rings (SSSR count). The SMILES string of the molecule is CC(C)CN(C(C)C)C(C)c1c(O)cccc1O. The molecule has 0 heterocycles. The molecule has 1 unspecified atom stereocenters. The van der Waals surface area contributed by atoms with Gasteiger partial charge >= 0.3 is 0 Å². The van der Waals surface area contributed by atoms with E-state index in [1.165, 1.54) is 0 Å². The second-order valence-electron chi connectivity index (χ2n) is 5.57. The molecule has 0 aliphatic heterocycles. The van der Waals surface area contributed by atoms with Crippen LogP contribution in [0.1, 0.15) is 46.2 Å². The summed E-state index contributed by atoms with van der Waals surface area (Å²) in [6, 6.07) is 5.26. The highest BCUT2D eigenvalue weighted by molar-refractivity contribution is 5.45. The normalized spacial score (nSPS) is 13.6. The van der Waals surface area contributed by atoms with E-state index in [1.54, 1.807) is 18.2 Å². The third kappa shape index (κ3) is 3.39. The first-order valence-electron chi connectivity index (χ1n) is 6.61. The molecule has 1 atom stereocenters. The lowest BCUT2D eigenvalue weighted by Gasteiger charge is -2.34. The summed E-state index contributed by atoms with van der Waals surface area (Å²) >= 11 is 0. The number of hydrogen-bond acceptors (Lipinski definition) is 3. The van der Waals surface area contributed by atoms with Gasteiger partial charge in [-0.15, -0.1) is 0 Å². The predicted octanol–water partition coefficient (Wildman–Crippen LogP) is 3.53. The van der Waals surface area contributed by atoms with E-state index in [2.05, 4.69) is 32.6 Å². The predicted molar refractivity (Wildman–Crippen MR) is 74.9 cm³/mol. The Labute approximate surface area is 110 Å². The molecule has 0 amide bonds. The van der Waals surface area contributed by atoms with Gasteiger partial charge in [0.1, 0.15) is 11.5 Å². The number of phenols is 2. The molecule has 1 aromatic carbocycles. The van der Waals surface area contributed by atoms with Crippen molar-refractivity contribution < 1.29 is 10.2 Å². The van der Waals surface area contributed by atoms with Crippen molar-refractivity contribution in [3.8, 4) is 11.5 Å². The quantitative estimate of drug-likeness (QED) is 0.841. The maximum absolute atomic E-state index is 9.94. The zero-order valence-corrected chi connectivity index (χ0v) is 12.0. The van der Waals surface area contributed by atoms with E-state index >= 15 is 0 Å². The lowest BCUT2D eigenvalue weighted by molar-refractivity contribution is 0.141. The van der Waals surface area contributed by atoms with Gasteiger partial charge in [0.25, 0.3) is 0 Å². The lowest BCUT2D eigenvalue weighted by atomic mass is 10.0. The molecule has 2 N–H and O–H groups in total. The van der Waals surface area contributed by atoms with Gasteiger partial charge in [-0.2, -0.15) is 0 Å². The van der Waals surface area contributed by atoms with Crippen LogP contribution in [0, 0.1) is 5.92 Å². The first kappa shape index (κ1) is 14.8. The summed E-state index contributed by atoms with van der Waals surface area (Å²) in [4.78, 5) is 2.29. The topological polar surface area (TPSA) is 43.7 Å². The highest BCUT2D eigenvalue weighted by atomic mass is 16.3. The van der Waals surface area contributed by atoms with Crippen molar-refractivity contribution in [1.29, 1.82) is 0 Å². The standard InChI is InChI=1S/C15H25NO2/c1-10(2)9-16(11(3)4)12(5)15-13(17)7-6-8-14(15)18/h6-8,10-12,17-18H,9H2,1-5H3. The van der Waals surface area contributed by atoms with Gasteiger partial charge < -0.3 is 10.2 Å². The van der Waals surface area contributed by atoms with Crippen LogP contribution >= 0.6 is 0 Å². The summed E-state index contributed by atoms with van der Waals surface area (Å²) in [6.07, 6.45) is 0. The number of nitrogens with zero attached hydrogens (tertiary/aromatic N) is 1. The van der Waals surface area contributed by atoms with E-state index < -0.39 is 0 Å². The van der Waals surface area contributed by atoms with Crippen LogP contribution in [0.25, 0.3) is 0 Å². The Hall–Kier alpha value is -1.22. The van der Waals surface area contributed by atoms with E-state index in [0.29, 0.717) is 17.5 Å². The van der Waals surface area contributed by atoms with Crippen molar-refractivity contribution in [2.75, 3.05) is 6.54 Å². The van der Waals surface area contributed by atoms with Gasteiger partial charge in [-0.25, -0.2) is 0 Å². The van der Waals surface area contributed by atoms with Crippen molar-refractivity contribution in [2.45, 2.75) is 46.7 Å². The molecule has 18 heavy (non-hydrogen) atoms. The second-order valence-corrected chi connectivity index (χ2v) is 5.57. The molecule has 0 saturated heterocycles. The van der Waals surface area contributed by atoms with Crippen molar-refractivity contribution in [1.82, 2.24) is 4.90 Å². The summed E-state index contributed by atoms with van der Waals surface area (Å²) < 4.78 is 0. The van der Waals surface area contributed by atoms with Crippen LogP contribution in [0.4, 0.5) is 0 Å². The Morgan fingerprint density at radius 2 is 1.50 bits per heavy atom. The number of aromatic hydroxyl groups is 2. The highest BCUT2D eigenvalue weighted by Crippen LogP contribution is 2.36. The largest absolute Gasteiger partial charge is 0.507 e. The summed E-state index contributed by atoms with van der Waals surface area (Å²) in [6.45, 7) is 11.6. The molecule has 0 radical (unpaired) electrons. The molecule has 0 fully saturated rings. The minimum atomic E-state index is -0.00593. The third-order valence-electron chi connectivity index (χ3n) is 3.21. The maximum Gasteiger partial charge on any atom is 0.124 e. The minimum Gasteiger partial charge on any atom is -0.507 e. The van der Waals surface area contributed by atoms with Crippen LogP contribution in [0.15, 0.2) is 18.2 Å². The summed E-state index contributed by atoms with van der Waals surface area (Å²) in [7, 11) is 0. The van der Waals surface area contributed by atoms with Crippen LogP contribution in [0.5, 0.6) is 11.5 Å². The number of rotatable bonds is 5. The summed E-state index contributed by atoms with van der Waals surface area (Å²) in [5.41, 5.74) is 0.617. The Bertz CT molecular complexity index is 368. The first-order chi connectivity index (χ1) is 8.34. The molecular weight excluding hydrogens is 226 g/mol. The molecule has 0 bridgehead atoms. The van der Waals surface area contributed by atoms with E-state index in [9.17, 15) is 10.2 Å². The fourth-order valence-electron chi connectivity index (χ4n) is 2.37. The van der Waals surface area contributed by atoms with Gasteiger partial charge in [0.2, 0.25) is 0 Å². The fourth-order valence-corrected chi connectivity index (χ4v) is 2.37. The van der Waals surface area contributed by atoms with E-state index in [4.69, 9.17) is 0 Å². The van der Waals surface area contributed by atoms with E-state index in [-0.39, 0.29) is 17.5 Å². The van der Waals surface area contributed by atoms with Crippen LogP contribution in [0.3, 0.4) is 0 Å². The van der Waals surface area contributed by atoms with Crippen LogP contribution in [0.2, 0.25) is 0 Å². The number of benzene rings is 1. The minimum absolute atomic E-state index is 0.00593. The Morgan fingerprint density at radius 1 is 1.00 bits per heavy atom. The molecular formula is C15H25NO2. The third-order valence-corrected chi connectivity index (χ3v) is 3.21. The van der Waals surface area contributed by atoms with Crippen LogP contribution in [-0.4, -0.2) is 27.7 Å². The van der Waals surface area contributed by atoms with Crippen molar-refractivity contribution in [3.05, 3.63) is 23.8 Å². The molecule has 0 spiro atoms. The number of phenolic OH excluding ortho intramolecular Hbond substituents is 2. The molecule has 0 aromatic heterocycles. The number of hydrogen-bond donors (Lipinski definition) is 2. The summed E-state index contributed by atoms with van der Waals surface area (Å²) in [5, 5.41) is 19.9. The molecule has 3 nitrogen and oxygen atoms in total. The average molecular weight is 251 g/mol. The second kappa shape index (κ2) is 6.10. The van der Waals surface area contributed by atoms with Gasteiger partial charge in [-0.1, -0.05) is 19.9 Å². The maximum atomic E-state index is 9.94. The van der Waals surface area contributed by atoms with E-state index in [1.807, 2.05) is 6.92 Å². The zero-order chi connectivity index (χ0) is 13.9. The van der Waals surface area contributed by atoms with E-state index in [0.717, 1.165) is 6.54 Å². The van der Waals surface area contributed by atoms with Crippen LogP contribution in [-0.2, 0) is 0 Å². The first-order valence-corrected chi connectivity index (χ1v) is 6.61. The summed E-state index contributed by atoms with van der Waals surface area (Å²) in [5.74, 6) is 0.872. The average Bonchev–Trinajstić information content (AvgIpc) is 2.24. The molecule has 0 aliphatic rings. The van der Waals surface area contributed by atoms with Gasteiger partial charge in [-0.3, -0.25) is 4.90 Å².